The van der Waals surface area contributed by atoms with Gasteiger partial charge in [0, 0.05) is 19.5 Å². The molecule has 2 rings (SSSR count). The predicted molar refractivity (Wildman–Crippen MR) is 77.6 cm³/mol. The Morgan fingerprint density at radius 1 is 1.65 bits per heavy atom. The van der Waals surface area contributed by atoms with Crippen molar-refractivity contribution in [3.05, 3.63) is 15.9 Å². The standard InChI is InChI=1S/C12H20BrN3S/c1-8-12(13)11(16(3)15-8)6-10(14-2)9-4-5-17-7-9/h9-10,14H,4-7H2,1-3H3. The predicted octanol–water partition coefficient (Wildman–Crippen LogP) is 2.37. The number of aryl methyl sites for hydroxylation is 2. The lowest BCUT2D eigenvalue weighted by molar-refractivity contribution is 0.396. The van der Waals surface area contributed by atoms with Crippen molar-refractivity contribution in [2.45, 2.75) is 25.8 Å². The summed E-state index contributed by atoms with van der Waals surface area (Å²) in [5.41, 5.74) is 2.39. The van der Waals surface area contributed by atoms with Gasteiger partial charge in [-0.2, -0.15) is 16.9 Å². The molecule has 1 fully saturated rings. The lowest BCUT2D eigenvalue weighted by Crippen LogP contribution is -2.36. The van der Waals surface area contributed by atoms with Gasteiger partial charge in [-0.25, -0.2) is 0 Å². The monoisotopic (exact) mass is 317 g/mol. The summed E-state index contributed by atoms with van der Waals surface area (Å²) in [7, 11) is 4.11. The van der Waals surface area contributed by atoms with Crippen LogP contribution in [0, 0.1) is 12.8 Å². The number of nitrogens with one attached hydrogen (secondary N) is 1. The largest absolute Gasteiger partial charge is 0.316 e. The number of thioether (sulfide) groups is 1. The Bertz CT molecular complexity index is 385. The molecule has 1 aromatic heterocycles. The first-order chi connectivity index (χ1) is 8.13. The normalized spacial score (nSPS) is 22.0. The van der Waals surface area contributed by atoms with E-state index in [9.17, 15) is 0 Å². The summed E-state index contributed by atoms with van der Waals surface area (Å²) < 4.78 is 3.18. The number of halogens is 1. The second-order valence-corrected chi connectivity index (χ2v) is 6.64. The molecule has 1 aromatic rings. The van der Waals surface area contributed by atoms with Gasteiger partial charge in [-0.15, -0.1) is 0 Å². The van der Waals surface area contributed by atoms with Crippen LogP contribution in [0.25, 0.3) is 0 Å². The minimum Gasteiger partial charge on any atom is -0.316 e. The minimum atomic E-state index is 0.566. The molecule has 0 saturated carbocycles. The van der Waals surface area contributed by atoms with Crippen molar-refractivity contribution in [3.8, 4) is 0 Å². The number of hydrogen-bond donors (Lipinski definition) is 1. The van der Waals surface area contributed by atoms with Crippen LogP contribution in [0.3, 0.4) is 0 Å². The van der Waals surface area contributed by atoms with Crippen LogP contribution in [0.2, 0.25) is 0 Å². The molecule has 0 spiro atoms. The second-order valence-electron chi connectivity index (χ2n) is 4.69. The van der Waals surface area contributed by atoms with Gasteiger partial charge in [0.15, 0.2) is 0 Å². The summed E-state index contributed by atoms with van der Waals surface area (Å²) in [6.45, 7) is 2.05. The quantitative estimate of drug-likeness (QED) is 0.924. The molecular formula is C12H20BrN3S. The molecule has 2 atom stereocenters. The van der Waals surface area contributed by atoms with Crippen LogP contribution in [-0.2, 0) is 13.5 Å². The molecule has 0 bridgehead atoms. The lowest BCUT2D eigenvalue weighted by atomic mass is 9.95. The van der Waals surface area contributed by atoms with E-state index in [4.69, 9.17) is 0 Å². The Balaban J connectivity index is 2.12. The first-order valence-corrected chi connectivity index (χ1v) is 8.01. The molecule has 96 valence electrons. The third-order valence-electron chi connectivity index (χ3n) is 3.58. The zero-order valence-corrected chi connectivity index (χ0v) is 13.1. The van der Waals surface area contributed by atoms with Crippen LogP contribution in [-0.4, -0.2) is 34.4 Å². The fourth-order valence-corrected chi connectivity index (χ4v) is 4.32. The third kappa shape index (κ3) is 2.88. The first-order valence-electron chi connectivity index (χ1n) is 6.06. The van der Waals surface area contributed by atoms with Gasteiger partial charge in [-0.05, 0) is 53.7 Å². The van der Waals surface area contributed by atoms with E-state index in [1.807, 2.05) is 18.7 Å². The van der Waals surface area contributed by atoms with Gasteiger partial charge >= 0.3 is 0 Å². The average molecular weight is 318 g/mol. The Kier molecular flexibility index (Phi) is 4.55. The molecule has 2 unspecified atom stereocenters. The molecule has 0 aromatic carbocycles. The van der Waals surface area contributed by atoms with Crippen molar-refractivity contribution in [3.63, 3.8) is 0 Å². The van der Waals surface area contributed by atoms with Gasteiger partial charge in [-0.3, -0.25) is 4.68 Å². The van der Waals surface area contributed by atoms with Gasteiger partial charge in [0.25, 0.3) is 0 Å². The SMILES string of the molecule is CNC(Cc1c(Br)c(C)nn1C)C1CCSC1. The molecule has 0 aliphatic carbocycles. The van der Waals surface area contributed by atoms with Crippen LogP contribution >= 0.6 is 27.7 Å². The maximum Gasteiger partial charge on any atom is 0.0738 e. The molecule has 1 aliphatic heterocycles. The van der Waals surface area contributed by atoms with E-state index in [2.05, 4.69) is 45.2 Å². The fourth-order valence-electron chi connectivity index (χ4n) is 2.48. The topological polar surface area (TPSA) is 29.9 Å². The van der Waals surface area contributed by atoms with Crippen molar-refractivity contribution in [2.75, 3.05) is 18.6 Å². The van der Waals surface area contributed by atoms with Crippen LogP contribution in [0.4, 0.5) is 0 Å². The third-order valence-corrected chi connectivity index (χ3v) is 5.80. The summed E-state index contributed by atoms with van der Waals surface area (Å²) in [6.07, 6.45) is 2.39. The summed E-state index contributed by atoms with van der Waals surface area (Å²) in [6, 6.07) is 0.566. The molecular weight excluding hydrogens is 298 g/mol. The van der Waals surface area contributed by atoms with E-state index in [0.717, 1.165) is 18.0 Å². The van der Waals surface area contributed by atoms with E-state index >= 15 is 0 Å². The van der Waals surface area contributed by atoms with Crippen LogP contribution < -0.4 is 5.32 Å². The first kappa shape index (κ1) is 13.4. The molecule has 1 N–H and O–H groups in total. The van der Waals surface area contributed by atoms with Gasteiger partial charge in [0.2, 0.25) is 0 Å². The molecule has 0 radical (unpaired) electrons. The Morgan fingerprint density at radius 2 is 2.41 bits per heavy atom. The molecule has 0 amide bonds. The number of hydrogen-bond acceptors (Lipinski definition) is 3. The van der Waals surface area contributed by atoms with E-state index in [0.29, 0.717) is 6.04 Å². The molecule has 5 heteroatoms. The van der Waals surface area contributed by atoms with Gasteiger partial charge < -0.3 is 5.32 Å². The van der Waals surface area contributed by atoms with E-state index in [1.165, 1.54) is 28.1 Å². The van der Waals surface area contributed by atoms with Gasteiger partial charge in [0.1, 0.15) is 0 Å². The zero-order valence-electron chi connectivity index (χ0n) is 10.7. The smallest absolute Gasteiger partial charge is 0.0738 e. The highest BCUT2D eigenvalue weighted by molar-refractivity contribution is 9.10. The van der Waals surface area contributed by atoms with Crippen molar-refractivity contribution in [1.82, 2.24) is 15.1 Å². The van der Waals surface area contributed by atoms with Crippen molar-refractivity contribution in [1.29, 1.82) is 0 Å². The number of likely N-dealkylation sites (N-methyl/N-ethyl adjacent to an activating group) is 1. The van der Waals surface area contributed by atoms with Crippen molar-refractivity contribution >= 4 is 27.7 Å². The maximum atomic E-state index is 4.46. The van der Waals surface area contributed by atoms with E-state index in [-0.39, 0.29) is 0 Å². The molecule has 1 saturated heterocycles. The number of nitrogens with zero attached hydrogens (tertiary/aromatic N) is 2. The van der Waals surface area contributed by atoms with Gasteiger partial charge in [-0.1, -0.05) is 0 Å². The molecule has 17 heavy (non-hydrogen) atoms. The van der Waals surface area contributed by atoms with Crippen LogP contribution in [0.15, 0.2) is 4.47 Å². The van der Waals surface area contributed by atoms with Crippen molar-refractivity contribution < 1.29 is 0 Å². The summed E-state index contributed by atoms with van der Waals surface area (Å²) >= 11 is 5.73. The maximum absolute atomic E-state index is 4.46. The highest BCUT2D eigenvalue weighted by Crippen LogP contribution is 2.29. The number of rotatable bonds is 4. The van der Waals surface area contributed by atoms with Crippen molar-refractivity contribution in [2.24, 2.45) is 13.0 Å². The molecule has 3 nitrogen and oxygen atoms in total. The number of aromatic nitrogens is 2. The second kappa shape index (κ2) is 5.76. The molecule has 2 heterocycles. The Morgan fingerprint density at radius 3 is 2.88 bits per heavy atom. The summed E-state index contributed by atoms with van der Waals surface area (Å²) in [4.78, 5) is 0. The van der Waals surface area contributed by atoms with Crippen LogP contribution in [0.1, 0.15) is 17.8 Å². The Hall–Kier alpha value is -0.000000000000000111. The molecule has 1 aliphatic rings. The zero-order chi connectivity index (χ0) is 12.4. The van der Waals surface area contributed by atoms with Gasteiger partial charge in [0.05, 0.1) is 15.9 Å². The van der Waals surface area contributed by atoms with E-state index in [1.54, 1.807) is 0 Å². The van der Waals surface area contributed by atoms with E-state index < -0.39 is 0 Å². The average Bonchev–Trinajstić information content (AvgIpc) is 2.89. The lowest BCUT2D eigenvalue weighted by Gasteiger charge is -2.22. The fraction of sp³-hybridized carbons (Fsp3) is 0.750. The highest BCUT2D eigenvalue weighted by atomic mass is 79.9. The highest BCUT2D eigenvalue weighted by Gasteiger charge is 2.26. The minimum absolute atomic E-state index is 0.566. The summed E-state index contributed by atoms with van der Waals surface area (Å²) in [5, 5.41) is 7.94. The summed E-state index contributed by atoms with van der Waals surface area (Å²) in [5.74, 6) is 3.40. The van der Waals surface area contributed by atoms with Crippen LogP contribution in [0.5, 0.6) is 0 Å². The Labute approximate surface area is 116 Å².